The minimum absolute atomic E-state index is 0. The van der Waals surface area contributed by atoms with Crippen molar-refractivity contribution in [3.05, 3.63) is 65.2 Å². The third-order valence-electron chi connectivity index (χ3n) is 4.21. The highest BCUT2D eigenvalue weighted by Crippen LogP contribution is 2.21. The Bertz CT molecular complexity index is 666. The lowest BCUT2D eigenvalue weighted by Crippen LogP contribution is -2.41. The van der Waals surface area contributed by atoms with E-state index in [0.29, 0.717) is 12.8 Å². The molecule has 0 saturated heterocycles. The number of para-hydroxylation sites is 1. The molecule has 1 amide bonds. The van der Waals surface area contributed by atoms with Crippen molar-refractivity contribution < 1.29 is 4.79 Å². The molecule has 0 fully saturated rings. The molecule has 2 rings (SSSR count). The van der Waals surface area contributed by atoms with Crippen molar-refractivity contribution in [2.45, 2.75) is 45.6 Å². The lowest BCUT2D eigenvalue weighted by molar-refractivity contribution is -0.122. The molecule has 0 unspecified atom stereocenters. The Kier molecular flexibility index (Phi) is 7.30. The van der Waals surface area contributed by atoms with Crippen LogP contribution in [0, 0.1) is 0 Å². The maximum absolute atomic E-state index is 12.3. The van der Waals surface area contributed by atoms with Crippen LogP contribution in [-0.2, 0) is 23.2 Å². The summed E-state index contributed by atoms with van der Waals surface area (Å²) in [4.78, 5) is 12.3. The molecule has 0 spiro atoms. The van der Waals surface area contributed by atoms with Gasteiger partial charge in [-0.2, -0.15) is 0 Å². The molecule has 0 aliphatic rings. The fraction of sp³-hybridized carbons (Fsp3) is 0.350. The first-order valence-corrected chi connectivity index (χ1v) is 8.16. The molecule has 2 aromatic rings. The van der Waals surface area contributed by atoms with Gasteiger partial charge in [-0.15, -0.1) is 12.4 Å². The zero-order chi connectivity index (χ0) is 16.9. The zero-order valence-corrected chi connectivity index (χ0v) is 15.5. The number of nitrogen functional groups attached to an aromatic ring is 1. The third kappa shape index (κ3) is 5.27. The summed E-state index contributed by atoms with van der Waals surface area (Å²) in [6, 6.07) is 16.1. The standard InChI is InChI=1S/C20H26N2O.ClH/c1-4-15-9-12-17(13-10-15)20(2,3)22-19(23)14-11-16-7-5-6-8-18(16)21;/h5-10,12-13H,4,11,14,21H2,1-3H3,(H,22,23);1H. The molecule has 3 nitrogen and oxygen atoms in total. The van der Waals surface area contributed by atoms with Gasteiger partial charge in [0.05, 0.1) is 5.54 Å². The fourth-order valence-corrected chi connectivity index (χ4v) is 2.65. The molecule has 2 aromatic carbocycles. The van der Waals surface area contributed by atoms with E-state index in [1.54, 1.807) is 0 Å². The quantitative estimate of drug-likeness (QED) is 0.769. The van der Waals surface area contributed by atoms with E-state index in [2.05, 4.69) is 36.5 Å². The highest BCUT2D eigenvalue weighted by molar-refractivity contribution is 5.85. The van der Waals surface area contributed by atoms with Gasteiger partial charge in [0.25, 0.3) is 0 Å². The monoisotopic (exact) mass is 346 g/mol. The Morgan fingerprint density at radius 2 is 1.71 bits per heavy atom. The van der Waals surface area contributed by atoms with Gasteiger partial charge >= 0.3 is 0 Å². The van der Waals surface area contributed by atoms with E-state index in [-0.39, 0.29) is 23.9 Å². The Labute approximate surface area is 151 Å². The summed E-state index contributed by atoms with van der Waals surface area (Å²) >= 11 is 0. The van der Waals surface area contributed by atoms with Crippen molar-refractivity contribution in [1.82, 2.24) is 5.32 Å². The highest BCUT2D eigenvalue weighted by atomic mass is 35.5. The molecule has 0 bridgehead atoms. The fourth-order valence-electron chi connectivity index (χ4n) is 2.65. The zero-order valence-electron chi connectivity index (χ0n) is 14.6. The number of aryl methyl sites for hydroxylation is 2. The van der Waals surface area contributed by atoms with Crippen LogP contribution >= 0.6 is 12.4 Å². The largest absolute Gasteiger partial charge is 0.399 e. The molecule has 0 aliphatic carbocycles. The van der Waals surface area contributed by atoms with Crippen molar-refractivity contribution in [2.75, 3.05) is 5.73 Å². The summed E-state index contributed by atoms with van der Waals surface area (Å²) in [5, 5.41) is 3.12. The van der Waals surface area contributed by atoms with Gasteiger partial charge in [0, 0.05) is 12.1 Å². The van der Waals surface area contributed by atoms with Crippen LogP contribution in [0.4, 0.5) is 5.69 Å². The summed E-state index contributed by atoms with van der Waals surface area (Å²) < 4.78 is 0. The van der Waals surface area contributed by atoms with Crippen molar-refractivity contribution in [2.24, 2.45) is 0 Å². The maximum Gasteiger partial charge on any atom is 0.221 e. The Morgan fingerprint density at radius 1 is 1.08 bits per heavy atom. The number of carbonyl (C=O) groups is 1. The summed E-state index contributed by atoms with van der Waals surface area (Å²) in [5.41, 5.74) is 9.72. The first kappa shape index (κ1) is 20.0. The van der Waals surface area contributed by atoms with Crippen LogP contribution in [0.25, 0.3) is 0 Å². The third-order valence-corrected chi connectivity index (χ3v) is 4.21. The van der Waals surface area contributed by atoms with E-state index in [1.165, 1.54) is 5.56 Å². The number of halogens is 1. The second-order valence-electron chi connectivity index (χ2n) is 6.42. The van der Waals surface area contributed by atoms with Gasteiger partial charge < -0.3 is 11.1 Å². The molecule has 0 atom stereocenters. The number of nitrogens with two attached hydrogens (primary N) is 1. The summed E-state index contributed by atoms with van der Waals surface area (Å²) in [5.74, 6) is 0.0396. The number of hydrogen-bond acceptors (Lipinski definition) is 2. The van der Waals surface area contributed by atoms with Crippen LogP contribution in [0.2, 0.25) is 0 Å². The van der Waals surface area contributed by atoms with Crippen molar-refractivity contribution >= 4 is 24.0 Å². The average molecular weight is 347 g/mol. The molecule has 0 saturated carbocycles. The summed E-state index contributed by atoms with van der Waals surface area (Å²) in [6.45, 7) is 6.20. The first-order valence-electron chi connectivity index (χ1n) is 8.16. The maximum atomic E-state index is 12.3. The lowest BCUT2D eigenvalue weighted by Gasteiger charge is -2.27. The van der Waals surface area contributed by atoms with Gasteiger partial charge in [-0.05, 0) is 49.4 Å². The van der Waals surface area contributed by atoms with Gasteiger partial charge in [-0.1, -0.05) is 49.4 Å². The Hall–Kier alpha value is -2.00. The van der Waals surface area contributed by atoms with Gasteiger partial charge in [0.2, 0.25) is 5.91 Å². The molecule has 0 radical (unpaired) electrons. The van der Waals surface area contributed by atoms with Gasteiger partial charge in [-0.3, -0.25) is 4.79 Å². The summed E-state index contributed by atoms with van der Waals surface area (Å²) in [6.07, 6.45) is 2.11. The molecule has 4 heteroatoms. The van der Waals surface area contributed by atoms with Crippen LogP contribution in [-0.4, -0.2) is 5.91 Å². The Morgan fingerprint density at radius 3 is 2.29 bits per heavy atom. The van der Waals surface area contributed by atoms with E-state index < -0.39 is 0 Å². The van der Waals surface area contributed by atoms with Crippen molar-refractivity contribution in [1.29, 1.82) is 0 Å². The molecule has 0 heterocycles. The molecule has 0 aliphatic heterocycles. The topological polar surface area (TPSA) is 55.1 Å². The SMILES string of the molecule is CCc1ccc(C(C)(C)NC(=O)CCc2ccccc2N)cc1.Cl. The van der Waals surface area contributed by atoms with E-state index in [9.17, 15) is 4.79 Å². The van der Waals surface area contributed by atoms with Crippen LogP contribution in [0.15, 0.2) is 48.5 Å². The molecule has 3 N–H and O–H groups in total. The molecule has 24 heavy (non-hydrogen) atoms. The van der Waals surface area contributed by atoms with E-state index in [1.807, 2.05) is 38.1 Å². The van der Waals surface area contributed by atoms with Crippen LogP contribution in [0.3, 0.4) is 0 Å². The van der Waals surface area contributed by atoms with Crippen LogP contribution in [0.5, 0.6) is 0 Å². The van der Waals surface area contributed by atoms with Gasteiger partial charge in [0.15, 0.2) is 0 Å². The van der Waals surface area contributed by atoms with E-state index in [4.69, 9.17) is 5.73 Å². The minimum Gasteiger partial charge on any atom is -0.399 e. The number of hydrogen-bond donors (Lipinski definition) is 2. The number of carbonyl (C=O) groups excluding carboxylic acids is 1. The Balaban J connectivity index is 0.00000288. The normalized spacial score (nSPS) is 10.8. The van der Waals surface area contributed by atoms with E-state index in [0.717, 1.165) is 23.2 Å². The van der Waals surface area contributed by atoms with E-state index >= 15 is 0 Å². The number of rotatable bonds is 6. The van der Waals surface area contributed by atoms with Crippen molar-refractivity contribution in [3.8, 4) is 0 Å². The number of nitrogens with one attached hydrogen (secondary N) is 1. The second-order valence-corrected chi connectivity index (χ2v) is 6.42. The lowest BCUT2D eigenvalue weighted by atomic mass is 9.92. The van der Waals surface area contributed by atoms with Crippen molar-refractivity contribution in [3.63, 3.8) is 0 Å². The summed E-state index contributed by atoms with van der Waals surface area (Å²) in [7, 11) is 0. The average Bonchev–Trinajstić information content (AvgIpc) is 2.54. The van der Waals surface area contributed by atoms with Crippen LogP contribution < -0.4 is 11.1 Å². The van der Waals surface area contributed by atoms with Crippen LogP contribution in [0.1, 0.15) is 43.9 Å². The molecular formula is C20H27ClN2O. The predicted molar refractivity (Wildman–Crippen MR) is 103 cm³/mol. The molecular weight excluding hydrogens is 320 g/mol. The second kappa shape index (κ2) is 8.74. The highest BCUT2D eigenvalue weighted by Gasteiger charge is 2.22. The number of benzene rings is 2. The number of anilines is 1. The van der Waals surface area contributed by atoms with Gasteiger partial charge in [-0.25, -0.2) is 0 Å². The predicted octanol–water partition coefficient (Wildman–Crippen LogP) is 4.24. The number of amides is 1. The van der Waals surface area contributed by atoms with Gasteiger partial charge in [0.1, 0.15) is 0 Å². The minimum atomic E-state index is -0.383. The smallest absolute Gasteiger partial charge is 0.221 e. The molecule has 130 valence electrons. The first-order chi connectivity index (χ1) is 10.9. The molecule has 0 aromatic heterocycles.